The van der Waals surface area contributed by atoms with Gasteiger partial charge in [-0.2, -0.15) is 0 Å². The van der Waals surface area contributed by atoms with Crippen LogP contribution in [0.1, 0.15) is 5.56 Å². The zero-order chi connectivity index (χ0) is 14.0. The van der Waals surface area contributed by atoms with Crippen molar-refractivity contribution in [1.82, 2.24) is 0 Å². The van der Waals surface area contributed by atoms with Crippen LogP contribution in [-0.4, -0.2) is 14.2 Å². The summed E-state index contributed by atoms with van der Waals surface area (Å²) in [5.74, 6) is 0.807. The standard InChI is InChI=1S/C15H17ClN2O/c1-10-7-13(17)15(16)14(8-10)18(2)11-5-4-6-12(9-11)19-3/h4-9H,17H2,1-3H3. The summed E-state index contributed by atoms with van der Waals surface area (Å²) in [7, 11) is 3.60. The molecule has 0 atom stereocenters. The van der Waals surface area contributed by atoms with E-state index in [9.17, 15) is 0 Å². The Labute approximate surface area is 118 Å². The lowest BCUT2D eigenvalue weighted by atomic mass is 10.1. The summed E-state index contributed by atoms with van der Waals surface area (Å²) in [5, 5.41) is 0.566. The second-order valence-corrected chi connectivity index (χ2v) is 4.83. The molecule has 0 fully saturated rings. The van der Waals surface area contributed by atoms with E-state index in [2.05, 4.69) is 0 Å². The van der Waals surface area contributed by atoms with E-state index >= 15 is 0 Å². The van der Waals surface area contributed by atoms with Gasteiger partial charge in [-0.1, -0.05) is 17.7 Å². The number of halogens is 1. The molecule has 0 aliphatic rings. The third-order valence-corrected chi connectivity index (χ3v) is 3.44. The van der Waals surface area contributed by atoms with Gasteiger partial charge in [-0.05, 0) is 36.8 Å². The van der Waals surface area contributed by atoms with Gasteiger partial charge in [0.05, 0.1) is 23.5 Å². The van der Waals surface area contributed by atoms with Gasteiger partial charge in [-0.15, -0.1) is 0 Å². The van der Waals surface area contributed by atoms with Crippen LogP contribution in [0.4, 0.5) is 17.1 Å². The molecule has 4 heteroatoms. The number of rotatable bonds is 3. The monoisotopic (exact) mass is 276 g/mol. The Hall–Kier alpha value is -1.87. The van der Waals surface area contributed by atoms with Crippen LogP contribution in [0.5, 0.6) is 5.75 Å². The Morgan fingerprint density at radius 3 is 2.63 bits per heavy atom. The van der Waals surface area contributed by atoms with Crippen LogP contribution >= 0.6 is 11.6 Å². The number of aryl methyl sites for hydroxylation is 1. The SMILES string of the molecule is COc1cccc(N(C)c2cc(C)cc(N)c2Cl)c1. The number of nitrogens with zero attached hydrogens (tertiary/aromatic N) is 1. The first-order chi connectivity index (χ1) is 9.02. The highest BCUT2D eigenvalue weighted by Gasteiger charge is 2.12. The molecule has 19 heavy (non-hydrogen) atoms. The molecule has 0 aliphatic carbocycles. The lowest BCUT2D eigenvalue weighted by Crippen LogP contribution is -2.11. The van der Waals surface area contributed by atoms with Crippen LogP contribution < -0.4 is 15.4 Å². The highest BCUT2D eigenvalue weighted by atomic mass is 35.5. The van der Waals surface area contributed by atoms with Crippen molar-refractivity contribution < 1.29 is 4.74 Å². The Balaban J connectivity index is 2.46. The second kappa shape index (κ2) is 5.41. The quantitative estimate of drug-likeness (QED) is 0.861. The molecule has 100 valence electrons. The summed E-state index contributed by atoms with van der Waals surface area (Å²) in [4.78, 5) is 1.99. The van der Waals surface area contributed by atoms with Crippen LogP contribution in [0.15, 0.2) is 36.4 Å². The van der Waals surface area contributed by atoms with E-state index in [1.54, 1.807) is 7.11 Å². The molecule has 0 aliphatic heterocycles. The average Bonchev–Trinajstić information content (AvgIpc) is 2.42. The fourth-order valence-electron chi connectivity index (χ4n) is 1.98. The summed E-state index contributed by atoms with van der Waals surface area (Å²) < 4.78 is 5.23. The van der Waals surface area contributed by atoms with Crippen molar-refractivity contribution in [2.45, 2.75) is 6.92 Å². The van der Waals surface area contributed by atoms with Gasteiger partial charge in [0, 0.05) is 18.8 Å². The second-order valence-electron chi connectivity index (χ2n) is 4.45. The number of ether oxygens (including phenoxy) is 1. The van der Waals surface area contributed by atoms with Crippen LogP contribution in [0.3, 0.4) is 0 Å². The number of anilines is 3. The third-order valence-electron chi connectivity index (χ3n) is 3.03. The number of benzene rings is 2. The Morgan fingerprint density at radius 1 is 1.21 bits per heavy atom. The van der Waals surface area contributed by atoms with Crippen molar-refractivity contribution in [3.8, 4) is 5.75 Å². The van der Waals surface area contributed by atoms with Gasteiger partial charge >= 0.3 is 0 Å². The molecular weight excluding hydrogens is 260 g/mol. The zero-order valence-corrected chi connectivity index (χ0v) is 12.0. The molecule has 0 spiro atoms. The minimum absolute atomic E-state index is 0.566. The van der Waals surface area contributed by atoms with Gasteiger partial charge in [0.15, 0.2) is 0 Å². The molecule has 2 aromatic rings. The van der Waals surface area contributed by atoms with E-state index in [0.717, 1.165) is 22.7 Å². The predicted molar refractivity (Wildman–Crippen MR) is 81.7 cm³/mol. The molecule has 0 heterocycles. The zero-order valence-electron chi connectivity index (χ0n) is 11.3. The molecule has 0 saturated heterocycles. The molecule has 0 unspecified atom stereocenters. The molecule has 2 rings (SSSR count). The van der Waals surface area contributed by atoms with Gasteiger partial charge in [0.1, 0.15) is 5.75 Å². The van der Waals surface area contributed by atoms with Gasteiger partial charge in [0.2, 0.25) is 0 Å². The topological polar surface area (TPSA) is 38.5 Å². The van der Waals surface area contributed by atoms with E-state index < -0.39 is 0 Å². The van der Waals surface area contributed by atoms with Gasteiger partial charge in [-0.3, -0.25) is 0 Å². The molecule has 0 saturated carbocycles. The van der Waals surface area contributed by atoms with Crippen LogP contribution in [0, 0.1) is 6.92 Å². The van der Waals surface area contributed by atoms with E-state index in [1.165, 1.54) is 0 Å². The summed E-state index contributed by atoms with van der Waals surface area (Å²) >= 11 is 6.29. The van der Waals surface area contributed by atoms with Crippen molar-refractivity contribution in [2.75, 3.05) is 24.8 Å². The van der Waals surface area contributed by atoms with E-state index in [4.69, 9.17) is 22.1 Å². The molecule has 0 aromatic heterocycles. The highest BCUT2D eigenvalue weighted by Crippen LogP contribution is 2.36. The molecular formula is C15H17ClN2O. The maximum Gasteiger partial charge on any atom is 0.120 e. The molecule has 0 radical (unpaired) electrons. The van der Waals surface area contributed by atoms with Crippen molar-refractivity contribution >= 4 is 28.7 Å². The fraction of sp³-hybridized carbons (Fsp3) is 0.200. The maximum absolute atomic E-state index is 6.29. The summed E-state index contributed by atoms with van der Waals surface area (Å²) in [6, 6.07) is 11.7. The predicted octanol–water partition coefficient (Wildman–Crippen LogP) is 4.01. The van der Waals surface area contributed by atoms with Crippen molar-refractivity contribution in [2.24, 2.45) is 0 Å². The maximum atomic E-state index is 6.29. The average molecular weight is 277 g/mol. The first-order valence-electron chi connectivity index (χ1n) is 5.96. The largest absolute Gasteiger partial charge is 0.497 e. The Bertz CT molecular complexity index is 599. The van der Waals surface area contributed by atoms with Crippen molar-refractivity contribution in [3.63, 3.8) is 0 Å². The fourth-order valence-corrected chi connectivity index (χ4v) is 2.22. The normalized spacial score (nSPS) is 10.3. The molecule has 0 amide bonds. The van der Waals surface area contributed by atoms with Crippen LogP contribution in [0.25, 0.3) is 0 Å². The number of hydrogen-bond acceptors (Lipinski definition) is 3. The third kappa shape index (κ3) is 2.76. The molecule has 0 bridgehead atoms. The minimum atomic E-state index is 0.566. The van der Waals surface area contributed by atoms with Crippen molar-refractivity contribution in [3.05, 3.63) is 47.0 Å². The van der Waals surface area contributed by atoms with Crippen LogP contribution in [0.2, 0.25) is 5.02 Å². The van der Waals surface area contributed by atoms with E-state index in [0.29, 0.717) is 10.7 Å². The summed E-state index contributed by atoms with van der Waals surface area (Å²) in [6.07, 6.45) is 0. The smallest absolute Gasteiger partial charge is 0.120 e. The molecule has 2 aromatic carbocycles. The van der Waals surface area contributed by atoms with E-state index in [1.807, 2.05) is 55.3 Å². The highest BCUT2D eigenvalue weighted by molar-refractivity contribution is 6.36. The molecule has 2 N–H and O–H groups in total. The number of hydrogen-bond donors (Lipinski definition) is 1. The van der Waals surface area contributed by atoms with Gasteiger partial charge in [-0.25, -0.2) is 0 Å². The van der Waals surface area contributed by atoms with Crippen LogP contribution in [-0.2, 0) is 0 Å². The first kappa shape index (κ1) is 13.6. The number of nitrogens with two attached hydrogens (primary N) is 1. The van der Waals surface area contributed by atoms with Gasteiger partial charge < -0.3 is 15.4 Å². The van der Waals surface area contributed by atoms with Gasteiger partial charge in [0.25, 0.3) is 0 Å². The molecule has 3 nitrogen and oxygen atoms in total. The first-order valence-corrected chi connectivity index (χ1v) is 6.34. The summed E-state index contributed by atoms with van der Waals surface area (Å²) in [5.41, 5.74) is 9.45. The minimum Gasteiger partial charge on any atom is -0.497 e. The summed E-state index contributed by atoms with van der Waals surface area (Å²) in [6.45, 7) is 2.00. The Morgan fingerprint density at radius 2 is 1.95 bits per heavy atom. The van der Waals surface area contributed by atoms with Crippen molar-refractivity contribution in [1.29, 1.82) is 0 Å². The van der Waals surface area contributed by atoms with E-state index in [-0.39, 0.29) is 0 Å². The lowest BCUT2D eigenvalue weighted by molar-refractivity contribution is 0.415. The lowest BCUT2D eigenvalue weighted by Gasteiger charge is -2.22. The number of nitrogen functional groups attached to an aromatic ring is 1. The Kier molecular flexibility index (Phi) is 3.86. The number of methoxy groups -OCH3 is 1.